The molecule has 33 heavy (non-hydrogen) atoms. The van der Waals surface area contributed by atoms with E-state index in [1.165, 1.54) is 11.1 Å². The maximum Gasteiger partial charge on any atom is 0.234 e. The molecule has 172 valence electrons. The molecule has 1 aliphatic rings. The number of rotatable bonds is 7. The Morgan fingerprint density at radius 1 is 1.06 bits per heavy atom. The van der Waals surface area contributed by atoms with Gasteiger partial charge in [-0.3, -0.25) is 4.79 Å². The molecule has 3 aromatic carbocycles. The number of fused-ring (bicyclic) bond motifs is 1. The summed E-state index contributed by atoms with van der Waals surface area (Å²) in [6, 6.07) is 22.9. The monoisotopic (exact) mass is 442 g/mol. The van der Waals surface area contributed by atoms with Crippen LogP contribution in [0.3, 0.4) is 0 Å². The number of hydrogen-bond acceptors (Lipinski definition) is 3. The van der Waals surface area contributed by atoms with E-state index in [-0.39, 0.29) is 11.8 Å². The Labute approximate surface area is 197 Å². The van der Waals surface area contributed by atoms with Crippen LogP contribution in [0, 0.1) is 0 Å². The highest BCUT2D eigenvalue weighted by Crippen LogP contribution is 2.37. The van der Waals surface area contributed by atoms with Crippen LogP contribution in [0.25, 0.3) is 0 Å². The summed E-state index contributed by atoms with van der Waals surface area (Å²) < 4.78 is 5.48. The van der Waals surface area contributed by atoms with Crippen LogP contribution < -0.4 is 15.0 Å². The lowest BCUT2D eigenvalue weighted by Crippen LogP contribution is -2.36. The van der Waals surface area contributed by atoms with Crippen molar-refractivity contribution in [2.75, 3.05) is 24.4 Å². The summed E-state index contributed by atoms with van der Waals surface area (Å²) in [5.74, 6) is 1.25. The normalized spacial score (nSPS) is 15.1. The molecule has 0 aliphatic heterocycles. The number of hydrogen-bond donors (Lipinski definition) is 1. The minimum Gasteiger partial charge on any atom is -0.497 e. The van der Waals surface area contributed by atoms with Gasteiger partial charge in [0.2, 0.25) is 5.91 Å². The predicted octanol–water partition coefficient (Wildman–Crippen LogP) is 6.51. The molecule has 0 radical (unpaired) electrons. The van der Waals surface area contributed by atoms with Crippen molar-refractivity contribution in [1.29, 1.82) is 0 Å². The first-order valence-corrected chi connectivity index (χ1v) is 11.8. The van der Waals surface area contributed by atoms with Crippen LogP contribution in [0.4, 0.5) is 11.4 Å². The molecule has 0 heterocycles. The summed E-state index contributed by atoms with van der Waals surface area (Å²) >= 11 is 0. The number of amides is 1. The Morgan fingerprint density at radius 2 is 1.79 bits per heavy atom. The van der Waals surface area contributed by atoms with Gasteiger partial charge >= 0.3 is 0 Å². The second-order valence-corrected chi connectivity index (χ2v) is 9.13. The second kappa shape index (κ2) is 10.1. The van der Waals surface area contributed by atoms with Gasteiger partial charge in [-0.05, 0) is 83.8 Å². The van der Waals surface area contributed by atoms with Gasteiger partial charge in [-0.1, -0.05) is 44.2 Å². The SMILES string of the molecule is CNc1ccc(CN(C(=O)C2CCCc3ccc(OC)cc32)c2ccc(C(C)C)cc2)cc1. The van der Waals surface area contributed by atoms with Crippen molar-refractivity contribution in [3.05, 3.63) is 89.0 Å². The molecule has 4 heteroatoms. The number of ether oxygens (including phenoxy) is 1. The summed E-state index contributed by atoms with van der Waals surface area (Å²) in [6.45, 7) is 4.92. The molecule has 1 amide bonds. The third kappa shape index (κ3) is 5.05. The van der Waals surface area contributed by atoms with Gasteiger partial charge in [0.05, 0.1) is 19.6 Å². The number of carbonyl (C=O) groups is 1. The maximum atomic E-state index is 14.1. The fourth-order valence-corrected chi connectivity index (χ4v) is 4.64. The maximum absolute atomic E-state index is 14.1. The van der Waals surface area contributed by atoms with E-state index in [9.17, 15) is 4.79 Å². The Morgan fingerprint density at radius 3 is 2.42 bits per heavy atom. The smallest absolute Gasteiger partial charge is 0.234 e. The molecule has 0 bridgehead atoms. The van der Waals surface area contributed by atoms with Crippen molar-refractivity contribution in [1.82, 2.24) is 0 Å². The van der Waals surface area contributed by atoms with E-state index < -0.39 is 0 Å². The molecule has 4 nitrogen and oxygen atoms in total. The van der Waals surface area contributed by atoms with Crippen LogP contribution >= 0.6 is 0 Å². The van der Waals surface area contributed by atoms with Gasteiger partial charge in [-0.15, -0.1) is 0 Å². The summed E-state index contributed by atoms with van der Waals surface area (Å²) in [5.41, 5.74) is 6.76. The highest BCUT2D eigenvalue weighted by molar-refractivity contribution is 5.98. The van der Waals surface area contributed by atoms with Crippen LogP contribution in [-0.2, 0) is 17.8 Å². The number of benzene rings is 3. The third-order valence-electron chi connectivity index (χ3n) is 6.69. The summed E-state index contributed by atoms with van der Waals surface area (Å²) in [4.78, 5) is 16.0. The zero-order chi connectivity index (χ0) is 23.4. The fourth-order valence-electron chi connectivity index (χ4n) is 4.64. The number of methoxy groups -OCH3 is 1. The Hall–Kier alpha value is -3.27. The van der Waals surface area contributed by atoms with E-state index in [1.54, 1.807) is 7.11 Å². The molecule has 1 unspecified atom stereocenters. The number of nitrogens with zero attached hydrogens (tertiary/aromatic N) is 1. The van der Waals surface area contributed by atoms with E-state index in [2.05, 4.69) is 79.8 Å². The van der Waals surface area contributed by atoms with E-state index >= 15 is 0 Å². The fraction of sp³-hybridized carbons (Fsp3) is 0.345. The zero-order valence-electron chi connectivity index (χ0n) is 20.1. The van der Waals surface area contributed by atoms with Crippen molar-refractivity contribution < 1.29 is 9.53 Å². The van der Waals surface area contributed by atoms with E-state index in [4.69, 9.17) is 4.74 Å². The standard InChI is InChI=1S/C29H34N2O2/c1-20(2)22-10-15-25(16-11-22)31(19-21-8-13-24(30-3)14-9-21)29(32)27-7-5-6-23-12-17-26(33-4)18-28(23)27/h8-18,20,27,30H,5-7,19H2,1-4H3. The predicted molar refractivity (Wildman–Crippen MR) is 136 cm³/mol. The number of aryl methyl sites for hydroxylation is 1. The van der Waals surface area contributed by atoms with Crippen LogP contribution in [0.1, 0.15) is 60.8 Å². The topological polar surface area (TPSA) is 41.6 Å². The molecule has 1 atom stereocenters. The first-order chi connectivity index (χ1) is 16.0. The molecule has 0 fully saturated rings. The minimum absolute atomic E-state index is 0.152. The average Bonchev–Trinajstić information content (AvgIpc) is 2.86. The summed E-state index contributed by atoms with van der Waals surface area (Å²) in [7, 11) is 3.59. The largest absolute Gasteiger partial charge is 0.497 e. The molecular weight excluding hydrogens is 408 g/mol. The Bertz CT molecular complexity index is 1090. The molecule has 3 aromatic rings. The van der Waals surface area contributed by atoms with Gasteiger partial charge in [0.25, 0.3) is 0 Å². The molecule has 0 aromatic heterocycles. The zero-order valence-corrected chi connectivity index (χ0v) is 20.1. The summed E-state index contributed by atoms with van der Waals surface area (Å²) in [6.07, 6.45) is 2.89. The minimum atomic E-state index is -0.162. The lowest BCUT2D eigenvalue weighted by atomic mass is 9.81. The highest BCUT2D eigenvalue weighted by Gasteiger charge is 2.31. The highest BCUT2D eigenvalue weighted by atomic mass is 16.5. The van der Waals surface area contributed by atoms with Gasteiger partial charge in [0.1, 0.15) is 5.75 Å². The van der Waals surface area contributed by atoms with Crippen molar-refractivity contribution in [2.24, 2.45) is 0 Å². The van der Waals surface area contributed by atoms with Crippen LogP contribution in [0.15, 0.2) is 66.7 Å². The van der Waals surface area contributed by atoms with Crippen LogP contribution in [0.2, 0.25) is 0 Å². The first-order valence-electron chi connectivity index (χ1n) is 11.8. The van der Waals surface area contributed by atoms with Gasteiger partial charge in [-0.2, -0.15) is 0 Å². The second-order valence-electron chi connectivity index (χ2n) is 9.13. The lowest BCUT2D eigenvalue weighted by Gasteiger charge is -2.31. The van der Waals surface area contributed by atoms with Crippen molar-refractivity contribution in [2.45, 2.75) is 51.5 Å². The van der Waals surface area contributed by atoms with Crippen LogP contribution in [-0.4, -0.2) is 20.1 Å². The summed E-state index contributed by atoms with van der Waals surface area (Å²) in [5, 5.41) is 3.16. The molecule has 1 aliphatic carbocycles. The molecule has 0 saturated heterocycles. The van der Waals surface area contributed by atoms with E-state index in [0.717, 1.165) is 47.5 Å². The number of nitrogens with one attached hydrogen (secondary N) is 1. The molecule has 0 saturated carbocycles. The number of carbonyl (C=O) groups excluding carboxylic acids is 1. The molecule has 1 N–H and O–H groups in total. The lowest BCUT2D eigenvalue weighted by molar-refractivity contribution is -0.120. The van der Waals surface area contributed by atoms with Crippen molar-refractivity contribution in [3.8, 4) is 5.75 Å². The molecule has 4 rings (SSSR count). The average molecular weight is 443 g/mol. The Balaban J connectivity index is 1.70. The van der Waals surface area contributed by atoms with Gasteiger partial charge in [0, 0.05) is 18.4 Å². The van der Waals surface area contributed by atoms with Crippen molar-refractivity contribution in [3.63, 3.8) is 0 Å². The third-order valence-corrected chi connectivity index (χ3v) is 6.69. The van der Waals surface area contributed by atoms with E-state index in [0.29, 0.717) is 12.5 Å². The quantitative estimate of drug-likeness (QED) is 0.453. The molecular formula is C29H34N2O2. The van der Waals surface area contributed by atoms with Crippen molar-refractivity contribution >= 4 is 17.3 Å². The van der Waals surface area contributed by atoms with Gasteiger partial charge in [0.15, 0.2) is 0 Å². The van der Waals surface area contributed by atoms with Gasteiger partial charge in [-0.25, -0.2) is 0 Å². The van der Waals surface area contributed by atoms with Gasteiger partial charge < -0.3 is 15.0 Å². The number of anilines is 2. The Kier molecular flexibility index (Phi) is 7.02. The van der Waals surface area contributed by atoms with Crippen LogP contribution in [0.5, 0.6) is 5.75 Å². The first kappa shape index (κ1) is 22.9. The van der Waals surface area contributed by atoms with E-state index in [1.807, 2.05) is 18.0 Å². The molecule has 0 spiro atoms.